The van der Waals surface area contributed by atoms with Gasteiger partial charge in [0.15, 0.2) is 0 Å². The van der Waals surface area contributed by atoms with Crippen LogP contribution in [0.3, 0.4) is 0 Å². The van der Waals surface area contributed by atoms with Crippen LogP contribution in [0.2, 0.25) is 0 Å². The van der Waals surface area contributed by atoms with Gasteiger partial charge in [-0.05, 0) is 24.2 Å². The standard InChI is InChI=1S/C19H22N2O/c1-20-10-12-21(13-11-20)19-16-7-3-2-6-15(16)14-22-18-9-5-4-8-17(18)19/h2-9,19H,10-14H2,1H3/t19-/m0/s1. The van der Waals surface area contributed by atoms with E-state index >= 15 is 0 Å². The lowest BCUT2D eigenvalue weighted by Gasteiger charge is -2.38. The van der Waals surface area contributed by atoms with Gasteiger partial charge in [0.2, 0.25) is 0 Å². The highest BCUT2D eigenvalue weighted by atomic mass is 16.5. The largest absolute Gasteiger partial charge is 0.489 e. The van der Waals surface area contributed by atoms with Crippen molar-refractivity contribution in [3.05, 3.63) is 65.2 Å². The van der Waals surface area contributed by atoms with Gasteiger partial charge in [0, 0.05) is 31.7 Å². The van der Waals surface area contributed by atoms with Crippen molar-refractivity contribution in [2.45, 2.75) is 12.6 Å². The maximum absolute atomic E-state index is 6.08. The molecule has 0 radical (unpaired) electrons. The van der Waals surface area contributed by atoms with Crippen LogP contribution in [0.25, 0.3) is 0 Å². The Morgan fingerprint density at radius 1 is 0.864 bits per heavy atom. The second kappa shape index (κ2) is 5.75. The molecular weight excluding hydrogens is 272 g/mol. The first kappa shape index (κ1) is 13.8. The number of ether oxygens (including phenoxy) is 1. The van der Waals surface area contributed by atoms with E-state index in [9.17, 15) is 0 Å². The number of benzene rings is 2. The molecule has 0 unspecified atom stereocenters. The Morgan fingerprint density at radius 2 is 1.55 bits per heavy atom. The van der Waals surface area contributed by atoms with Crippen LogP contribution in [0, 0.1) is 0 Å². The van der Waals surface area contributed by atoms with E-state index in [4.69, 9.17) is 4.74 Å². The van der Waals surface area contributed by atoms with Crippen LogP contribution in [0.1, 0.15) is 22.7 Å². The molecule has 114 valence electrons. The fraction of sp³-hybridized carbons (Fsp3) is 0.368. The predicted molar refractivity (Wildman–Crippen MR) is 88.1 cm³/mol. The Bertz CT molecular complexity index is 614. The summed E-state index contributed by atoms with van der Waals surface area (Å²) in [7, 11) is 2.20. The molecule has 3 nitrogen and oxygen atoms in total. The monoisotopic (exact) mass is 294 g/mol. The molecule has 1 atom stereocenters. The summed E-state index contributed by atoms with van der Waals surface area (Å²) in [5.41, 5.74) is 4.01. The van der Waals surface area contributed by atoms with Gasteiger partial charge in [0.25, 0.3) is 0 Å². The molecule has 3 heteroatoms. The Hall–Kier alpha value is -1.84. The fourth-order valence-corrected chi connectivity index (χ4v) is 3.57. The normalized spacial score (nSPS) is 22.3. The first-order chi connectivity index (χ1) is 10.8. The van der Waals surface area contributed by atoms with E-state index in [1.807, 2.05) is 0 Å². The van der Waals surface area contributed by atoms with Gasteiger partial charge in [-0.2, -0.15) is 0 Å². The van der Waals surface area contributed by atoms with E-state index in [1.165, 1.54) is 16.7 Å². The third-order valence-corrected chi connectivity index (χ3v) is 4.85. The molecule has 0 amide bonds. The molecular formula is C19H22N2O. The summed E-state index contributed by atoms with van der Waals surface area (Å²) in [6, 6.07) is 17.5. The molecule has 0 aromatic heterocycles. The van der Waals surface area contributed by atoms with E-state index in [1.54, 1.807) is 0 Å². The predicted octanol–water partition coefficient (Wildman–Crippen LogP) is 2.92. The molecule has 0 bridgehead atoms. The number of hydrogen-bond donors (Lipinski definition) is 0. The number of hydrogen-bond acceptors (Lipinski definition) is 3. The summed E-state index contributed by atoms with van der Waals surface area (Å²) in [6.07, 6.45) is 0. The molecule has 0 spiro atoms. The third-order valence-electron chi connectivity index (χ3n) is 4.85. The van der Waals surface area contributed by atoms with E-state index in [2.05, 4.69) is 65.4 Å². The van der Waals surface area contributed by atoms with Gasteiger partial charge < -0.3 is 9.64 Å². The zero-order valence-corrected chi connectivity index (χ0v) is 13.0. The van der Waals surface area contributed by atoms with Crippen LogP contribution in [-0.4, -0.2) is 43.0 Å². The van der Waals surface area contributed by atoms with Gasteiger partial charge in [-0.15, -0.1) is 0 Å². The number of piperazine rings is 1. The molecule has 0 saturated carbocycles. The molecule has 2 aromatic carbocycles. The Morgan fingerprint density at radius 3 is 2.36 bits per heavy atom. The highest BCUT2D eigenvalue weighted by molar-refractivity contribution is 5.46. The molecule has 1 saturated heterocycles. The van der Waals surface area contributed by atoms with Gasteiger partial charge in [-0.3, -0.25) is 4.90 Å². The summed E-state index contributed by atoms with van der Waals surface area (Å²) in [5.74, 6) is 1.03. The van der Waals surface area contributed by atoms with Crippen molar-refractivity contribution >= 4 is 0 Å². The van der Waals surface area contributed by atoms with E-state index in [-0.39, 0.29) is 0 Å². The van der Waals surface area contributed by atoms with Crippen LogP contribution in [0.4, 0.5) is 0 Å². The summed E-state index contributed by atoms with van der Waals surface area (Å²) in [5, 5.41) is 0. The highest BCUT2D eigenvalue weighted by Crippen LogP contribution is 2.39. The topological polar surface area (TPSA) is 15.7 Å². The minimum atomic E-state index is 0.309. The average Bonchev–Trinajstić information content (AvgIpc) is 2.73. The van der Waals surface area contributed by atoms with Gasteiger partial charge in [-0.1, -0.05) is 42.5 Å². The fourth-order valence-electron chi connectivity index (χ4n) is 3.57. The van der Waals surface area contributed by atoms with Crippen LogP contribution >= 0.6 is 0 Å². The first-order valence-electron chi connectivity index (χ1n) is 8.05. The number of para-hydroxylation sites is 1. The molecule has 1 fully saturated rings. The Labute approximate surface area is 132 Å². The lowest BCUT2D eigenvalue weighted by atomic mass is 9.93. The lowest BCUT2D eigenvalue weighted by molar-refractivity contribution is 0.127. The molecule has 2 heterocycles. The maximum Gasteiger partial charge on any atom is 0.124 e. The summed E-state index contributed by atoms with van der Waals surface area (Å²) in [6.45, 7) is 5.12. The van der Waals surface area contributed by atoms with Gasteiger partial charge in [0.1, 0.15) is 12.4 Å². The number of likely N-dealkylation sites (N-methyl/N-ethyl adjacent to an activating group) is 1. The van der Waals surface area contributed by atoms with Crippen molar-refractivity contribution in [3.63, 3.8) is 0 Å². The zero-order chi connectivity index (χ0) is 14.9. The molecule has 2 aromatic rings. The molecule has 2 aliphatic heterocycles. The van der Waals surface area contributed by atoms with Crippen molar-refractivity contribution < 1.29 is 4.74 Å². The van der Waals surface area contributed by atoms with Crippen molar-refractivity contribution in [3.8, 4) is 5.75 Å². The van der Waals surface area contributed by atoms with E-state index in [0.29, 0.717) is 12.6 Å². The number of nitrogens with zero attached hydrogens (tertiary/aromatic N) is 2. The van der Waals surface area contributed by atoms with Crippen molar-refractivity contribution in [1.29, 1.82) is 0 Å². The Balaban J connectivity index is 1.80. The number of fused-ring (bicyclic) bond motifs is 2. The second-order valence-electron chi connectivity index (χ2n) is 6.27. The zero-order valence-electron chi connectivity index (χ0n) is 13.0. The first-order valence-corrected chi connectivity index (χ1v) is 8.05. The van der Waals surface area contributed by atoms with E-state index < -0.39 is 0 Å². The maximum atomic E-state index is 6.08. The second-order valence-corrected chi connectivity index (χ2v) is 6.27. The summed E-state index contributed by atoms with van der Waals surface area (Å²) in [4.78, 5) is 5.01. The average molecular weight is 294 g/mol. The van der Waals surface area contributed by atoms with Crippen molar-refractivity contribution in [2.75, 3.05) is 33.2 Å². The minimum Gasteiger partial charge on any atom is -0.489 e. The molecule has 2 aliphatic rings. The van der Waals surface area contributed by atoms with Crippen LogP contribution in [0.5, 0.6) is 5.75 Å². The van der Waals surface area contributed by atoms with Crippen molar-refractivity contribution in [2.24, 2.45) is 0 Å². The van der Waals surface area contributed by atoms with Gasteiger partial charge in [0.05, 0.1) is 6.04 Å². The van der Waals surface area contributed by atoms with Crippen LogP contribution in [0.15, 0.2) is 48.5 Å². The summed E-state index contributed by atoms with van der Waals surface area (Å²) >= 11 is 0. The quantitative estimate of drug-likeness (QED) is 0.804. The molecule has 0 N–H and O–H groups in total. The van der Waals surface area contributed by atoms with Crippen LogP contribution < -0.4 is 4.74 Å². The number of rotatable bonds is 1. The van der Waals surface area contributed by atoms with E-state index in [0.717, 1.165) is 31.9 Å². The van der Waals surface area contributed by atoms with Gasteiger partial charge in [-0.25, -0.2) is 0 Å². The SMILES string of the molecule is CN1CCN([C@H]2c3ccccc3COc3ccccc32)CC1. The molecule has 0 aliphatic carbocycles. The summed E-state index contributed by atoms with van der Waals surface area (Å²) < 4.78 is 6.08. The minimum absolute atomic E-state index is 0.309. The van der Waals surface area contributed by atoms with Crippen molar-refractivity contribution in [1.82, 2.24) is 9.80 Å². The van der Waals surface area contributed by atoms with Crippen LogP contribution in [-0.2, 0) is 6.61 Å². The van der Waals surface area contributed by atoms with Gasteiger partial charge >= 0.3 is 0 Å². The molecule has 22 heavy (non-hydrogen) atoms. The lowest BCUT2D eigenvalue weighted by Crippen LogP contribution is -2.46. The Kier molecular flexibility index (Phi) is 3.60. The molecule has 4 rings (SSSR count). The smallest absolute Gasteiger partial charge is 0.124 e. The highest BCUT2D eigenvalue weighted by Gasteiger charge is 2.30. The third kappa shape index (κ3) is 2.40.